The van der Waals surface area contributed by atoms with Gasteiger partial charge >= 0.3 is 0 Å². The van der Waals surface area contributed by atoms with Gasteiger partial charge in [-0.2, -0.15) is 10.2 Å². The minimum atomic E-state index is 0.326. The van der Waals surface area contributed by atoms with E-state index in [4.69, 9.17) is 19.6 Å². The molecule has 0 bridgehead atoms. The Morgan fingerprint density at radius 2 is 2.00 bits per heavy atom. The second-order valence-electron chi connectivity index (χ2n) is 7.49. The van der Waals surface area contributed by atoms with Crippen molar-refractivity contribution < 1.29 is 9.47 Å². The molecule has 7 heteroatoms. The van der Waals surface area contributed by atoms with Gasteiger partial charge in [-0.25, -0.2) is 14.3 Å². The van der Waals surface area contributed by atoms with E-state index in [0.29, 0.717) is 6.04 Å². The van der Waals surface area contributed by atoms with E-state index >= 15 is 0 Å². The lowest BCUT2D eigenvalue weighted by molar-refractivity contribution is 0.0672. The molecule has 154 valence electrons. The van der Waals surface area contributed by atoms with E-state index in [1.54, 1.807) is 13.3 Å². The third kappa shape index (κ3) is 3.25. The van der Waals surface area contributed by atoms with Gasteiger partial charge in [0.2, 0.25) is 0 Å². The van der Waals surface area contributed by atoms with Gasteiger partial charge in [-0.3, -0.25) is 0 Å². The molecular formula is C23H25N5O2. The van der Waals surface area contributed by atoms with Crippen molar-refractivity contribution in [2.45, 2.75) is 32.2 Å². The number of methoxy groups -OCH3 is 1. The molecule has 0 radical (unpaired) electrons. The molecule has 1 saturated heterocycles. The molecule has 30 heavy (non-hydrogen) atoms. The highest BCUT2D eigenvalue weighted by Gasteiger charge is 2.22. The van der Waals surface area contributed by atoms with Crippen LogP contribution in [0.3, 0.4) is 0 Å². The number of pyridine rings is 1. The first kappa shape index (κ1) is 18.8. The van der Waals surface area contributed by atoms with Gasteiger partial charge in [-0.15, -0.1) is 0 Å². The zero-order valence-corrected chi connectivity index (χ0v) is 17.3. The van der Waals surface area contributed by atoms with Crippen molar-refractivity contribution in [3.8, 4) is 22.8 Å². The minimum Gasteiger partial charge on any atom is -0.497 e. The Balaban J connectivity index is 1.61. The molecule has 0 amide bonds. The van der Waals surface area contributed by atoms with Crippen LogP contribution in [0.2, 0.25) is 0 Å². The molecule has 4 aromatic rings. The summed E-state index contributed by atoms with van der Waals surface area (Å²) in [5, 5.41) is 10.6. The van der Waals surface area contributed by atoms with E-state index in [-0.39, 0.29) is 0 Å². The lowest BCUT2D eigenvalue weighted by atomic mass is 10.1. The van der Waals surface area contributed by atoms with Crippen LogP contribution < -0.4 is 4.74 Å². The molecule has 0 saturated carbocycles. The molecule has 7 nitrogen and oxygen atoms in total. The van der Waals surface area contributed by atoms with E-state index in [1.807, 2.05) is 35.0 Å². The number of fused-ring (bicyclic) bond motifs is 1. The number of hydrogen-bond donors (Lipinski definition) is 0. The molecule has 0 atom stereocenters. The molecule has 0 aliphatic carbocycles. The summed E-state index contributed by atoms with van der Waals surface area (Å²) in [5.41, 5.74) is 4.77. The summed E-state index contributed by atoms with van der Waals surface area (Å²) >= 11 is 0. The fourth-order valence-corrected chi connectivity index (χ4v) is 4.11. The number of benzene rings is 1. The van der Waals surface area contributed by atoms with Crippen LogP contribution in [0, 0.1) is 0 Å². The largest absolute Gasteiger partial charge is 0.497 e. The second kappa shape index (κ2) is 7.91. The van der Waals surface area contributed by atoms with Gasteiger partial charge in [0, 0.05) is 24.7 Å². The van der Waals surface area contributed by atoms with Crippen molar-refractivity contribution in [2.75, 3.05) is 20.3 Å². The molecule has 1 aromatic carbocycles. The highest BCUT2D eigenvalue weighted by atomic mass is 16.5. The van der Waals surface area contributed by atoms with E-state index in [2.05, 4.69) is 28.8 Å². The normalized spacial score (nSPS) is 15.0. The summed E-state index contributed by atoms with van der Waals surface area (Å²) in [6.07, 6.45) is 4.62. The lowest BCUT2D eigenvalue weighted by Crippen LogP contribution is -2.21. The van der Waals surface area contributed by atoms with Crippen LogP contribution in [0.15, 0.2) is 48.7 Å². The highest BCUT2D eigenvalue weighted by Crippen LogP contribution is 2.30. The molecular weight excluding hydrogens is 378 g/mol. The maximum Gasteiger partial charge on any atom is 0.159 e. The molecule has 1 fully saturated rings. The molecule has 0 unspecified atom stereocenters. The topological polar surface area (TPSA) is 67.0 Å². The van der Waals surface area contributed by atoms with Gasteiger partial charge in [0.05, 0.1) is 42.1 Å². The van der Waals surface area contributed by atoms with Crippen LogP contribution in [0.25, 0.3) is 28.1 Å². The van der Waals surface area contributed by atoms with Crippen molar-refractivity contribution >= 4 is 11.0 Å². The summed E-state index contributed by atoms with van der Waals surface area (Å²) in [6.45, 7) is 3.69. The summed E-state index contributed by atoms with van der Waals surface area (Å²) in [7, 11) is 1.67. The van der Waals surface area contributed by atoms with E-state index in [1.165, 1.54) is 0 Å². The number of ether oxygens (including phenoxy) is 2. The first-order valence-corrected chi connectivity index (χ1v) is 10.4. The zero-order valence-electron chi connectivity index (χ0n) is 17.3. The second-order valence-corrected chi connectivity index (χ2v) is 7.49. The van der Waals surface area contributed by atoms with Gasteiger partial charge in [0.1, 0.15) is 5.75 Å². The molecule has 4 heterocycles. The standard InChI is InChI=1S/C23H25N5O2/c1-3-20-19-7-8-21(25-23(19)28(26-20)16-10-13-30-14-11-16)22-9-12-24-27(22)17-5-4-6-18(15-17)29-2/h4-9,12,15-16H,3,10-11,13-14H2,1-2H3. The monoisotopic (exact) mass is 403 g/mol. The van der Waals surface area contributed by atoms with E-state index < -0.39 is 0 Å². The Hall–Kier alpha value is -3.19. The quantitative estimate of drug-likeness (QED) is 0.499. The lowest BCUT2D eigenvalue weighted by Gasteiger charge is -2.22. The Bertz CT molecular complexity index is 1170. The molecule has 0 N–H and O–H groups in total. The van der Waals surface area contributed by atoms with Crippen molar-refractivity contribution in [1.82, 2.24) is 24.5 Å². The van der Waals surface area contributed by atoms with Crippen LogP contribution in [0.1, 0.15) is 31.5 Å². The SMILES string of the molecule is CCc1nn(C2CCOCC2)c2nc(-c3ccnn3-c3cccc(OC)c3)ccc12. The Labute approximate surface area is 175 Å². The maximum atomic E-state index is 5.55. The predicted molar refractivity (Wildman–Crippen MR) is 115 cm³/mol. The summed E-state index contributed by atoms with van der Waals surface area (Å²) in [4.78, 5) is 5.06. The maximum absolute atomic E-state index is 5.55. The predicted octanol–water partition coefficient (Wildman–Crippen LogP) is 4.21. The molecule has 3 aromatic heterocycles. The van der Waals surface area contributed by atoms with Crippen molar-refractivity contribution in [3.63, 3.8) is 0 Å². The van der Waals surface area contributed by atoms with Crippen LogP contribution in [0.5, 0.6) is 5.75 Å². The molecule has 1 aliphatic heterocycles. The van der Waals surface area contributed by atoms with Crippen LogP contribution in [-0.2, 0) is 11.2 Å². The number of rotatable bonds is 5. The van der Waals surface area contributed by atoms with E-state index in [9.17, 15) is 0 Å². The minimum absolute atomic E-state index is 0.326. The highest BCUT2D eigenvalue weighted by molar-refractivity contribution is 5.81. The van der Waals surface area contributed by atoms with Gasteiger partial charge in [0.25, 0.3) is 0 Å². The summed E-state index contributed by atoms with van der Waals surface area (Å²) < 4.78 is 14.9. The fourth-order valence-electron chi connectivity index (χ4n) is 4.11. The van der Waals surface area contributed by atoms with Gasteiger partial charge in [0.15, 0.2) is 5.65 Å². The number of nitrogens with zero attached hydrogens (tertiary/aromatic N) is 5. The third-order valence-electron chi connectivity index (χ3n) is 5.71. The summed E-state index contributed by atoms with van der Waals surface area (Å²) in [6, 6.07) is 14.4. The van der Waals surface area contributed by atoms with Crippen molar-refractivity contribution in [3.05, 3.63) is 54.4 Å². The molecule has 0 spiro atoms. The van der Waals surface area contributed by atoms with Gasteiger partial charge in [-0.05, 0) is 49.6 Å². The summed E-state index contributed by atoms with van der Waals surface area (Å²) in [5.74, 6) is 0.794. The fraction of sp³-hybridized carbons (Fsp3) is 0.348. The number of aromatic nitrogens is 5. The smallest absolute Gasteiger partial charge is 0.159 e. The Morgan fingerprint density at radius 1 is 1.13 bits per heavy atom. The van der Waals surface area contributed by atoms with Crippen LogP contribution in [0.4, 0.5) is 0 Å². The number of hydrogen-bond acceptors (Lipinski definition) is 5. The first-order valence-electron chi connectivity index (χ1n) is 10.4. The average molecular weight is 403 g/mol. The van der Waals surface area contributed by atoms with E-state index in [0.717, 1.165) is 72.0 Å². The first-order chi connectivity index (χ1) is 14.8. The van der Waals surface area contributed by atoms with Crippen molar-refractivity contribution in [2.24, 2.45) is 0 Å². The number of aryl methyl sites for hydroxylation is 1. The van der Waals surface area contributed by atoms with Crippen molar-refractivity contribution in [1.29, 1.82) is 0 Å². The Morgan fingerprint density at radius 3 is 2.80 bits per heavy atom. The third-order valence-corrected chi connectivity index (χ3v) is 5.71. The molecule has 1 aliphatic rings. The van der Waals surface area contributed by atoms with Gasteiger partial charge in [-0.1, -0.05) is 13.0 Å². The van der Waals surface area contributed by atoms with Gasteiger partial charge < -0.3 is 9.47 Å². The van der Waals surface area contributed by atoms with Crippen LogP contribution in [-0.4, -0.2) is 44.9 Å². The average Bonchev–Trinajstić information content (AvgIpc) is 3.44. The molecule has 5 rings (SSSR count). The van der Waals surface area contributed by atoms with Crippen LogP contribution >= 0.6 is 0 Å². The zero-order chi connectivity index (χ0) is 20.5. The Kier molecular flexibility index (Phi) is 4.96.